The minimum absolute atomic E-state index is 0.0391. The number of nitrogens with one attached hydrogen (secondary N) is 2. The van der Waals surface area contributed by atoms with E-state index in [-0.39, 0.29) is 23.9 Å². The molecule has 8 nitrogen and oxygen atoms in total. The minimum Gasteiger partial charge on any atom is -0.479 e. The Morgan fingerprint density at radius 2 is 1.70 bits per heavy atom. The monoisotopic (exact) mass is 465 g/mol. The molecule has 3 aromatic carbocycles. The van der Waals surface area contributed by atoms with Crippen molar-refractivity contribution in [1.82, 2.24) is 4.31 Å². The highest BCUT2D eigenvalue weighted by atomic mass is 32.2. The number of benzene rings is 3. The maximum atomic E-state index is 13.3. The Hall–Kier alpha value is -3.69. The van der Waals surface area contributed by atoms with E-state index in [1.807, 2.05) is 18.2 Å². The molecule has 1 heterocycles. The number of anilines is 2. The molecular formula is C24H23N3O5S. The second-order valence-corrected chi connectivity index (χ2v) is 9.52. The van der Waals surface area contributed by atoms with Gasteiger partial charge in [-0.2, -0.15) is 4.31 Å². The number of nitrogens with zero attached hydrogens (tertiary/aromatic N) is 1. The first-order valence-corrected chi connectivity index (χ1v) is 11.8. The molecule has 2 N–H and O–H groups in total. The molecule has 0 spiro atoms. The van der Waals surface area contributed by atoms with E-state index >= 15 is 0 Å². The van der Waals surface area contributed by atoms with E-state index in [2.05, 4.69) is 10.6 Å². The Bertz CT molecular complexity index is 1260. The van der Waals surface area contributed by atoms with Gasteiger partial charge < -0.3 is 15.4 Å². The van der Waals surface area contributed by atoms with E-state index < -0.39 is 22.0 Å². The smallest absolute Gasteiger partial charge is 0.265 e. The van der Waals surface area contributed by atoms with Gasteiger partial charge >= 0.3 is 0 Å². The van der Waals surface area contributed by atoms with E-state index in [1.54, 1.807) is 55.5 Å². The molecule has 0 radical (unpaired) electrons. The van der Waals surface area contributed by atoms with Crippen molar-refractivity contribution in [3.05, 3.63) is 84.4 Å². The number of hydrogen-bond acceptors (Lipinski definition) is 5. The van der Waals surface area contributed by atoms with Gasteiger partial charge in [-0.1, -0.05) is 48.5 Å². The first kappa shape index (κ1) is 22.5. The van der Waals surface area contributed by atoms with E-state index in [0.717, 1.165) is 9.87 Å². The molecule has 0 aliphatic carbocycles. The first-order chi connectivity index (χ1) is 15.8. The molecule has 1 unspecified atom stereocenters. The van der Waals surface area contributed by atoms with Crippen LogP contribution in [0.25, 0.3) is 0 Å². The lowest BCUT2D eigenvalue weighted by molar-refractivity contribution is -0.122. The van der Waals surface area contributed by atoms with Crippen LogP contribution in [0.5, 0.6) is 5.75 Å². The molecule has 0 aromatic heterocycles. The van der Waals surface area contributed by atoms with Gasteiger partial charge in [0, 0.05) is 12.2 Å². The second-order valence-electron chi connectivity index (χ2n) is 7.58. The van der Waals surface area contributed by atoms with E-state index in [4.69, 9.17) is 4.74 Å². The summed E-state index contributed by atoms with van der Waals surface area (Å²) in [5.74, 6) is -0.298. The predicted octanol–water partition coefficient (Wildman–Crippen LogP) is 3.24. The highest BCUT2D eigenvalue weighted by Gasteiger charge is 2.27. The summed E-state index contributed by atoms with van der Waals surface area (Å²) in [6, 6.07) is 21.9. The van der Waals surface area contributed by atoms with Crippen LogP contribution in [0.3, 0.4) is 0 Å². The Morgan fingerprint density at radius 3 is 2.39 bits per heavy atom. The summed E-state index contributed by atoms with van der Waals surface area (Å²) < 4.78 is 33.2. The highest BCUT2D eigenvalue weighted by molar-refractivity contribution is 7.89. The summed E-state index contributed by atoms with van der Waals surface area (Å²) in [5, 5.41) is 5.43. The number of carbonyl (C=O) groups excluding carboxylic acids is 2. The first-order valence-electron chi connectivity index (χ1n) is 10.3. The van der Waals surface area contributed by atoms with Crippen molar-refractivity contribution in [1.29, 1.82) is 0 Å². The zero-order valence-corrected chi connectivity index (χ0v) is 18.7. The lowest BCUT2D eigenvalue weighted by atomic mass is 10.2. The minimum atomic E-state index is -3.92. The maximum absolute atomic E-state index is 13.3. The van der Waals surface area contributed by atoms with Crippen molar-refractivity contribution >= 4 is 33.2 Å². The van der Waals surface area contributed by atoms with Crippen LogP contribution < -0.4 is 15.4 Å². The quantitative estimate of drug-likeness (QED) is 0.557. The molecule has 0 fully saturated rings. The van der Waals surface area contributed by atoms with E-state index in [1.165, 1.54) is 12.1 Å². The zero-order valence-electron chi connectivity index (χ0n) is 17.9. The molecule has 9 heteroatoms. The van der Waals surface area contributed by atoms with Crippen molar-refractivity contribution in [2.45, 2.75) is 24.5 Å². The van der Waals surface area contributed by atoms with Crippen molar-refractivity contribution in [2.24, 2.45) is 0 Å². The Balaban J connectivity index is 1.54. The third-order valence-corrected chi connectivity index (χ3v) is 6.90. The van der Waals surface area contributed by atoms with Gasteiger partial charge in [0.05, 0.1) is 17.1 Å². The normalized spacial score (nSPS) is 15.3. The predicted molar refractivity (Wildman–Crippen MR) is 124 cm³/mol. The molecule has 3 aromatic rings. The summed E-state index contributed by atoms with van der Waals surface area (Å²) in [4.78, 5) is 24.8. The lowest BCUT2D eigenvalue weighted by Gasteiger charge is -2.24. The molecule has 4 rings (SSSR count). The Kier molecular flexibility index (Phi) is 6.43. The summed E-state index contributed by atoms with van der Waals surface area (Å²) in [5.41, 5.74) is 1.61. The summed E-state index contributed by atoms with van der Waals surface area (Å²) >= 11 is 0. The Labute approximate surface area is 192 Å². The average molecular weight is 466 g/mol. The molecule has 1 aliphatic rings. The Morgan fingerprint density at radius 1 is 1.03 bits per heavy atom. The van der Waals surface area contributed by atoms with Crippen LogP contribution in [0.4, 0.5) is 11.4 Å². The van der Waals surface area contributed by atoms with Crippen LogP contribution >= 0.6 is 0 Å². The SMILES string of the molecule is CC1Oc2ccc(NC(=O)CN(Cc3ccccc3)S(=O)(=O)c3ccccc3)cc2NC1=O. The van der Waals surface area contributed by atoms with Gasteiger partial charge in [-0.15, -0.1) is 0 Å². The van der Waals surface area contributed by atoms with E-state index in [0.29, 0.717) is 17.1 Å². The summed E-state index contributed by atoms with van der Waals surface area (Å²) in [7, 11) is -3.92. The standard InChI is InChI=1S/C24H23N3O5S/c1-17-24(29)26-21-14-19(12-13-22(21)32-17)25-23(28)16-27(15-18-8-4-2-5-9-18)33(30,31)20-10-6-3-7-11-20/h2-14,17H,15-16H2,1H3,(H,25,28)(H,26,29). The third kappa shape index (κ3) is 5.21. The molecule has 0 saturated carbocycles. The van der Waals surface area contributed by atoms with Crippen LogP contribution in [0.2, 0.25) is 0 Å². The fraction of sp³-hybridized carbons (Fsp3) is 0.167. The number of fused-ring (bicyclic) bond motifs is 1. The van der Waals surface area contributed by atoms with Crippen LogP contribution in [0.15, 0.2) is 83.8 Å². The molecule has 170 valence electrons. The van der Waals surface area contributed by atoms with Gasteiger partial charge in [-0.3, -0.25) is 9.59 Å². The second kappa shape index (κ2) is 9.43. The third-order valence-electron chi connectivity index (χ3n) is 5.10. The fourth-order valence-corrected chi connectivity index (χ4v) is 4.81. The van der Waals surface area contributed by atoms with Crippen molar-refractivity contribution in [3.63, 3.8) is 0 Å². The van der Waals surface area contributed by atoms with Crippen LogP contribution in [0, 0.1) is 0 Å². The largest absolute Gasteiger partial charge is 0.479 e. The molecule has 0 bridgehead atoms. The molecule has 0 saturated heterocycles. The lowest BCUT2D eigenvalue weighted by Crippen LogP contribution is -2.37. The summed E-state index contributed by atoms with van der Waals surface area (Å²) in [6.45, 7) is 1.29. The fourth-order valence-electron chi connectivity index (χ4n) is 3.40. The maximum Gasteiger partial charge on any atom is 0.265 e. The van der Waals surface area contributed by atoms with Crippen LogP contribution in [0.1, 0.15) is 12.5 Å². The van der Waals surface area contributed by atoms with Crippen LogP contribution in [-0.4, -0.2) is 37.2 Å². The number of carbonyl (C=O) groups is 2. The topological polar surface area (TPSA) is 105 Å². The van der Waals surface area contributed by atoms with Gasteiger partial charge in [0.25, 0.3) is 5.91 Å². The number of amides is 2. The van der Waals surface area contributed by atoms with E-state index in [9.17, 15) is 18.0 Å². The molecular weight excluding hydrogens is 442 g/mol. The zero-order chi connectivity index (χ0) is 23.4. The number of ether oxygens (including phenoxy) is 1. The van der Waals surface area contributed by atoms with Crippen molar-refractivity contribution < 1.29 is 22.7 Å². The molecule has 1 atom stereocenters. The van der Waals surface area contributed by atoms with Gasteiger partial charge in [0.1, 0.15) is 5.75 Å². The number of hydrogen-bond donors (Lipinski definition) is 2. The molecule has 2 amide bonds. The van der Waals surface area contributed by atoms with Crippen LogP contribution in [-0.2, 0) is 26.2 Å². The molecule has 33 heavy (non-hydrogen) atoms. The van der Waals surface area contributed by atoms with Crippen molar-refractivity contribution in [2.75, 3.05) is 17.2 Å². The van der Waals surface area contributed by atoms with Gasteiger partial charge in [0.2, 0.25) is 15.9 Å². The average Bonchev–Trinajstić information content (AvgIpc) is 2.81. The van der Waals surface area contributed by atoms with Gasteiger partial charge in [-0.25, -0.2) is 8.42 Å². The number of rotatable bonds is 7. The molecule has 1 aliphatic heterocycles. The van der Waals surface area contributed by atoms with Gasteiger partial charge in [-0.05, 0) is 42.8 Å². The summed E-state index contributed by atoms with van der Waals surface area (Å²) in [6.07, 6.45) is -0.604. The van der Waals surface area contributed by atoms with Gasteiger partial charge in [0.15, 0.2) is 6.10 Å². The van der Waals surface area contributed by atoms with Crippen molar-refractivity contribution in [3.8, 4) is 5.75 Å². The number of sulfonamides is 1. The highest BCUT2D eigenvalue weighted by Crippen LogP contribution is 2.32.